The molecule has 1 atom stereocenters. The molecule has 88 valence electrons. The minimum Gasteiger partial charge on any atom is -0.313 e. The van der Waals surface area contributed by atoms with Crippen molar-refractivity contribution in [3.05, 3.63) is 35.4 Å². The third kappa shape index (κ3) is 2.46. The molecule has 0 aromatic heterocycles. The summed E-state index contributed by atoms with van der Waals surface area (Å²) < 4.78 is 0. The summed E-state index contributed by atoms with van der Waals surface area (Å²) in [6.07, 6.45) is 3.95. The number of hydrogen-bond donors (Lipinski definition) is 1. The van der Waals surface area contributed by atoms with Crippen LogP contribution in [0.15, 0.2) is 24.3 Å². The number of nitrogens with one attached hydrogen (secondary N) is 1. The Morgan fingerprint density at radius 1 is 1.31 bits per heavy atom. The van der Waals surface area contributed by atoms with Crippen molar-refractivity contribution < 1.29 is 0 Å². The molecule has 16 heavy (non-hydrogen) atoms. The molecule has 1 unspecified atom stereocenters. The van der Waals surface area contributed by atoms with Gasteiger partial charge in [0, 0.05) is 6.04 Å². The number of benzene rings is 1. The topological polar surface area (TPSA) is 12.0 Å². The van der Waals surface area contributed by atoms with Gasteiger partial charge in [-0.3, -0.25) is 0 Å². The fraction of sp³-hybridized carbons (Fsp3) is 0.600. The van der Waals surface area contributed by atoms with Crippen LogP contribution in [0.2, 0.25) is 0 Å². The van der Waals surface area contributed by atoms with E-state index in [-0.39, 0.29) is 0 Å². The minimum atomic E-state index is 0.554. The van der Waals surface area contributed by atoms with Crippen LogP contribution < -0.4 is 5.32 Å². The van der Waals surface area contributed by atoms with Crippen LogP contribution in [-0.2, 0) is 6.42 Å². The van der Waals surface area contributed by atoms with Gasteiger partial charge in [-0.2, -0.15) is 0 Å². The summed E-state index contributed by atoms with van der Waals surface area (Å²) in [5, 5.41) is 3.66. The van der Waals surface area contributed by atoms with Crippen LogP contribution in [-0.4, -0.2) is 12.6 Å². The monoisotopic (exact) mass is 217 g/mol. The van der Waals surface area contributed by atoms with Crippen LogP contribution in [0.3, 0.4) is 0 Å². The Morgan fingerprint density at radius 3 is 2.56 bits per heavy atom. The lowest BCUT2D eigenvalue weighted by Crippen LogP contribution is -2.38. The maximum absolute atomic E-state index is 3.66. The normalized spacial score (nSPS) is 19.4. The van der Waals surface area contributed by atoms with Crippen LogP contribution in [0.1, 0.15) is 37.8 Å². The fourth-order valence-corrected chi connectivity index (χ4v) is 2.42. The Labute approximate surface area is 99.3 Å². The van der Waals surface area contributed by atoms with Gasteiger partial charge in [0.05, 0.1) is 0 Å². The van der Waals surface area contributed by atoms with Gasteiger partial charge in [-0.05, 0) is 49.3 Å². The van der Waals surface area contributed by atoms with Gasteiger partial charge in [0.15, 0.2) is 0 Å². The predicted molar refractivity (Wildman–Crippen MR) is 69.7 cm³/mol. The van der Waals surface area contributed by atoms with Crippen molar-refractivity contribution in [2.24, 2.45) is 5.41 Å². The maximum Gasteiger partial charge on any atom is 0.0161 e. The van der Waals surface area contributed by atoms with E-state index in [1.54, 1.807) is 0 Å². The van der Waals surface area contributed by atoms with Crippen molar-refractivity contribution in [1.82, 2.24) is 5.32 Å². The van der Waals surface area contributed by atoms with E-state index in [9.17, 15) is 0 Å². The van der Waals surface area contributed by atoms with Gasteiger partial charge in [0.1, 0.15) is 0 Å². The van der Waals surface area contributed by atoms with Crippen LogP contribution in [0.4, 0.5) is 0 Å². The molecule has 0 amide bonds. The summed E-state index contributed by atoms with van der Waals surface area (Å²) in [6, 6.07) is 9.41. The number of rotatable bonds is 5. The molecule has 2 rings (SSSR count). The van der Waals surface area contributed by atoms with Crippen LogP contribution >= 0.6 is 0 Å². The SMILES string of the molecule is CCNC(Cc1ccccc1C)C1(C)CC1. The second-order valence-electron chi connectivity index (χ2n) is 5.39. The van der Waals surface area contributed by atoms with Gasteiger partial charge in [0.2, 0.25) is 0 Å². The molecular formula is C15H23N. The molecule has 0 saturated heterocycles. The lowest BCUT2D eigenvalue weighted by Gasteiger charge is -2.25. The fourth-order valence-electron chi connectivity index (χ4n) is 2.42. The first-order valence-corrected chi connectivity index (χ1v) is 6.43. The second kappa shape index (κ2) is 4.58. The first-order chi connectivity index (χ1) is 7.65. The van der Waals surface area contributed by atoms with Crippen molar-refractivity contribution in [2.45, 2.75) is 46.1 Å². The molecule has 0 radical (unpaired) electrons. The van der Waals surface area contributed by atoms with E-state index in [0.717, 1.165) is 6.54 Å². The third-order valence-corrected chi connectivity index (χ3v) is 4.02. The van der Waals surface area contributed by atoms with Gasteiger partial charge >= 0.3 is 0 Å². The molecule has 1 aromatic carbocycles. The Morgan fingerprint density at radius 2 is 2.00 bits per heavy atom. The molecule has 1 aromatic rings. The first kappa shape index (κ1) is 11.7. The quantitative estimate of drug-likeness (QED) is 0.798. The molecule has 0 spiro atoms. The van der Waals surface area contributed by atoms with E-state index >= 15 is 0 Å². The second-order valence-corrected chi connectivity index (χ2v) is 5.39. The number of hydrogen-bond acceptors (Lipinski definition) is 1. The maximum atomic E-state index is 3.66. The molecule has 1 heteroatoms. The summed E-state index contributed by atoms with van der Waals surface area (Å²) in [6.45, 7) is 7.91. The van der Waals surface area contributed by atoms with Crippen LogP contribution in [0.25, 0.3) is 0 Å². The van der Waals surface area contributed by atoms with Gasteiger partial charge < -0.3 is 5.32 Å². The Balaban J connectivity index is 2.09. The molecule has 1 aliphatic rings. The summed E-state index contributed by atoms with van der Waals surface area (Å²) >= 11 is 0. The minimum absolute atomic E-state index is 0.554. The Hall–Kier alpha value is -0.820. The molecule has 0 heterocycles. The lowest BCUT2D eigenvalue weighted by molar-refractivity contribution is 0.360. The summed E-state index contributed by atoms with van der Waals surface area (Å²) in [5.41, 5.74) is 3.48. The number of likely N-dealkylation sites (N-methyl/N-ethyl adjacent to an activating group) is 1. The average molecular weight is 217 g/mol. The molecule has 1 aliphatic carbocycles. The third-order valence-electron chi connectivity index (χ3n) is 4.02. The molecule has 1 nitrogen and oxygen atoms in total. The standard InChI is InChI=1S/C15H23N/c1-4-16-14(15(3)9-10-15)11-13-8-6-5-7-12(13)2/h5-8,14,16H,4,9-11H2,1-3H3. The molecule has 0 aliphatic heterocycles. The Kier molecular flexibility index (Phi) is 3.34. The predicted octanol–water partition coefficient (Wildman–Crippen LogP) is 3.32. The van der Waals surface area contributed by atoms with Crippen molar-refractivity contribution in [1.29, 1.82) is 0 Å². The van der Waals surface area contributed by atoms with E-state index in [1.807, 2.05) is 0 Å². The zero-order valence-electron chi connectivity index (χ0n) is 10.7. The van der Waals surface area contributed by atoms with E-state index in [2.05, 4.69) is 50.4 Å². The lowest BCUT2D eigenvalue weighted by atomic mass is 9.90. The number of aryl methyl sites for hydroxylation is 1. The van der Waals surface area contributed by atoms with Crippen molar-refractivity contribution in [3.63, 3.8) is 0 Å². The molecule has 1 N–H and O–H groups in total. The molecule has 1 saturated carbocycles. The zero-order chi connectivity index (χ0) is 11.6. The van der Waals surface area contributed by atoms with E-state index in [1.165, 1.54) is 30.4 Å². The summed E-state index contributed by atoms with van der Waals surface area (Å²) in [5.74, 6) is 0. The smallest absolute Gasteiger partial charge is 0.0161 e. The Bertz CT molecular complexity index is 352. The average Bonchev–Trinajstić information content (AvgIpc) is 3.00. The van der Waals surface area contributed by atoms with Crippen LogP contribution in [0, 0.1) is 12.3 Å². The molecule has 1 fully saturated rings. The summed E-state index contributed by atoms with van der Waals surface area (Å²) in [7, 11) is 0. The zero-order valence-corrected chi connectivity index (χ0v) is 10.7. The van der Waals surface area contributed by atoms with Crippen molar-refractivity contribution >= 4 is 0 Å². The van der Waals surface area contributed by atoms with Crippen molar-refractivity contribution in [2.75, 3.05) is 6.54 Å². The van der Waals surface area contributed by atoms with Gasteiger partial charge in [-0.15, -0.1) is 0 Å². The van der Waals surface area contributed by atoms with E-state index < -0.39 is 0 Å². The highest BCUT2D eigenvalue weighted by Gasteiger charge is 2.44. The van der Waals surface area contributed by atoms with Crippen LogP contribution in [0.5, 0.6) is 0 Å². The highest BCUT2D eigenvalue weighted by atomic mass is 14.9. The summed E-state index contributed by atoms with van der Waals surface area (Å²) in [4.78, 5) is 0. The molecule has 0 bridgehead atoms. The highest BCUT2D eigenvalue weighted by Crippen LogP contribution is 2.49. The highest BCUT2D eigenvalue weighted by molar-refractivity contribution is 5.27. The van der Waals surface area contributed by atoms with E-state index in [0.29, 0.717) is 11.5 Å². The first-order valence-electron chi connectivity index (χ1n) is 6.43. The molecular weight excluding hydrogens is 194 g/mol. The van der Waals surface area contributed by atoms with Crippen molar-refractivity contribution in [3.8, 4) is 0 Å². The van der Waals surface area contributed by atoms with Gasteiger partial charge in [-0.1, -0.05) is 38.1 Å². The van der Waals surface area contributed by atoms with E-state index in [4.69, 9.17) is 0 Å². The van der Waals surface area contributed by atoms with Gasteiger partial charge in [0.25, 0.3) is 0 Å². The largest absolute Gasteiger partial charge is 0.313 e. The van der Waals surface area contributed by atoms with Gasteiger partial charge in [-0.25, -0.2) is 0 Å².